The van der Waals surface area contributed by atoms with E-state index in [1.54, 1.807) is 23.9 Å². The van der Waals surface area contributed by atoms with Gasteiger partial charge in [0.05, 0.1) is 25.9 Å². The van der Waals surface area contributed by atoms with E-state index in [0.29, 0.717) is 19.0 Å². The molecule has 2 heterocycles. The Bertz CT molecular complexity index is 1060. The van der Waals surface area contributed by atoms with Crippen LogP contribution >= 0.6 is 0 Å². The van der Waals surface area contributed by atoms with Crippen molar-refractivity contribution in [1.29, 1.82) is 0 Å². The highest BCUT2D eigenvalue weighted by atomic mass is 16.5. The van der Waals surface area contributed by atoms with Crippen LogP contribution in [0.25, 0.3) is 11.1 Å². The second-order valence-electron chi connectivity index (χ2n) is 7.75. The first-order valence-electron chi connectivity index (χ1n) is 10.4. The van der Waals surface area contributed by atoms with Crippen LogP contribution < -0.4 is 0 Å². The third-order valence-corrected chi connectivity index (χ3v) is 5.57. The Morgan fingerprint density at radius 2 is 1.77 bits per heavy atom. The lowest BCUT2D eigenvalue weighted by molar-refractivity contribution is 0.124. The Kier molecular flexibility index (Phi) is 6.50. The van der Waals surface area contributed by atoms with Gasteiger partial charge in [-0.15, -0.1) is 0 Å². The number of imidazole rings is 1. The maximum absolute atomic E-state index is 10.00. The number of aliphatic hydroxyl groups excluding tert-OH is 3. The smallest absolute Gasteiger partial charge is 0.138 e. The minimum Gasteiger partial charge on any atom is -0.393 e. The number of ether oxygens (including phenoxy) is 1. The number of aliphatic hydroxyl groups is 3. The number of hydrogen-bond donors (Lipinski definition) is 3. The summed E-state index contributed by atoms with van der Waals surface area (Å²) < 4.78 is 7.04. The standard InChI is InChI=1S/C25H26N2O4/c1-17(29)25-26-12-13-27(25)22(14-28)11-4-18-2-5-19(6-3-18)20-7-9-21(10-8-20)23-15-31-16-24(23)30/h2-3,5-10,12-13,17,22-24,28-30H,14-16H2,1H3/t17-,22-,23+,24-/m0/s1. The lowest BCUT2D eigenvalue weighted by Crippen LogP contribution is -2.15. The first-order valence-corrected chi connectivity index (χ1v) is 10.4. The van der Waals surface area contributed by atoms with Gasteiger partial charge < -0.3 is 24.6 Å². The molecule has 0 aliphatic carbocycles. The molecule has 160 valence electrons. The lowest BCUT2D eigenvalue weighted by atomic mass is 9.94. The van der Waals surface area contributed by atoms with Crippen molar-refractivity contribution in [1.82, 2.24) is 9.55 Å². The molecule has 0 bridgehead atoms. The Balaban J connectivity index is 1.48. The van der Waals surface area contributed by atoms with Gasteiger partial charge >= 0.3 is 0 Å². The molecule has 0 spiro atoms. The van der Waals surface area contributed by atoms with Crippen molar-refractivity contribution in [2.75, 3.05) is 19.8 Å². The molecule has 6 nitrogen and oxygen atoms in total. The van der Waals surface area contributed by atoms with E-state index in [1.807, 2.05) is 36.4 Å². The van der Waals surface area contributed by atoms with Crippen molar-refractivity contribution >= 4 is 0 Å². The molecule has 4 rings (SSSR count). The molecule has 0 unspecified atom stereocenters. The van der Waals surface area contributed by atoms with Crippen LogP contribution in [0.2, 0.25) is 0 Å². The van der Waals surface area contributed by atoms with E-state index in [2.05, 4.69) is 29.0 Å². The maximum Gasteiger partial charge on any atom is 0.138 e. The molecule has 0 saturated carbocycles. The highest BCUT2D eigenvalue weighted by Gasteiger charge is 2.27. The van der Waals surface area contributed by atoms with Crippen LogP contribution in [0, 0.1) is 11.8 Å². The number of benzene rings is 2. The predicted molar refractivity (Wildman–Crippen MR) is 117 cm³/mol. The van der Waals surface area contributed by atoms with Gasteiger partial charge in [0.1, 0.15) is 18.0 Å². The zero-order valence-electron chi connectivity index (χ0n) is 17.3. The summed E-state index contributed by atoms with van der Waals surface area (Å²) in [5.74, 6) is 6.67. The van der Waals surface area contributed by atoms with Crippen LogP contribution in [0.3, 0.4) is 0 Å². The van der Waals surface area contributed by atoms with E-state index in [4.69, 9.17) is 4.74 Å². The van der Waals surface area contributed by atoms with E-state index in [1.165, 1.54) is 0 Å². The van der Waals surface area contributed by atoms with Crippen LogP contribution in [0.4, 0.5) is 0 Å². The molecule has 1 aromatic heterocycles. The second-order valence-corrected chi connectivity index (χ2v) is 7.75. The fraction of sp³-hybridized carbons (Fsp3) is 0.320. The third kappa shape index (κ3) is 4.71. The summed E-state index contributed by atoms with van der Waals surface area (Å²) in [5, 5.41) is 29.6. The van der Waals surface area contributed by atoms with Crippen LogP contribution in [-0.4, -0.2) is 50.8 Å². The van der Waals surface area contributed by atoms with Crippen LogP contribution in [0.1, 0.15) is 41.9 Å². The molecule has 0 radical (unpaired) electrons. The van der Waals surface area contributed by atoms with E-state index in [0.717, 1.165) is 22.3 Å². The van der Waals surface area contributed by atoms with Gasteiger partial charge in [-0.05, 0) is 35.7 Å². The van der Waals surface area contributed by atoms with Crippen molar-refractivity contribution < 1.29 is 20.1 Å². The molecule has 1 aliphatic rings. The van der Waals surface area contributed by atoms with Crippen molar-refractivity contribution in [3.05, 3.63) is 77.9 Å². The number of hydrogen-bond acceptors (Lipinski definition) is 5. The molecule has 1 saturated heterocycles. The normalized spacial score (nSPS) is 20.1. The van der Waals surface area contributed by atoms with E-state index in [-0.39, 0.29) is 12.5 Å². The largest absolute Gasteiger partial charge is 0.393 e. The fourth-order valence-electron chi connectivity index (χ4n) is 3.81. The predicted octanol–water partition coefficient (Wildman–Crippen LogP) is 2.66. The van der Waals surface area contributed by atoms with Gasteiger partial charge in [-0.3, -0.25) is 0 Å². The van der Waals surface area contributed by atoms with Crippen molar-refractivity contribution in [3.63, 3.8) is 0 Å². The van der Waals surface area contributed by atoms with E-state index >= 15 is 0 Å². The van der Waals surface area contributed by atoms with Crippen molar-refractivity contribution in [2.24, 2.45) is 0 Å². The van der Waals surface area contributed by atoms with Gasteiger partial charge in [0.25, 0.3) is 0 Å². The first kappa shape index (κ1) is 21.3. The van der Waals surface area contributed by atoms with Gasteiger partial charge in [0.2, 0.25) is 0 Å². The summed E-state index contributed by atoms with van der Waals surface area (Å²) >= 11 is 0. The molecular weight excluding hydrogens is 392 g/mol. The van der Waals surface area contributed by atoms with Crippen molar-refractivity contribution in [3.8, 4) is 23.0 Å². The Morgan fingerprint density at radius 3 is 2.35 bits per heavy atom. The molecule has 2 aromatic carbocycles. The molecular formula is C25H26N2O4. The quantitative estimate of drug-likeness (QED) is 0.555. The summed E-state index contributed by atoms with van der Waals surface area (Å²) in [6.45, 7) is 2.41. The highest BCUT2D eigenvalue weighted by molar-refractivity contribution is 5.64. The number of aromatic nitrogens is 2. The minimum atomic E-state index is -0.735. The zero-order chi connectivity index (χ0) is 21.8. The molecule has 1 aliphatic heterocycles. The zero-order valence-corrected chi connectivity index (χ0v) is 17.3. The van der Waals surface area contributed by atoms with Crippen LogP contribution in [0.15, 0.2) is 60.9 Å². The molecule has 1 fully saturated rings. The van der Waals surface area contributed by atoms with Crippen LogP contribution in [0.5, 0.6) is 0 Å². The summed E-state index contributed by atoms with van der Waals surface area (Å²) in [6.07, 6.45) is 2.12. The second kappa shape index (κ2) is 9.46. The average Bonchev–Trinajstić information content (AvgIpc) is 3.44. The topological polar surface area (TPSA) is 87.7 Å². The molecule has 4 atom stereocenters. The van der Waals surface area contributed by atoms with Crippen LogP contribution in [-0.2, 0) is 4.74 Å². The third-order valence-electron chi connectivity index (χ3n) is 5.57. The van der Waals surface area contributed by atoms with E-state index in [9.17, 15) is 15.3 Å². The van der Waals surface area contributed by atoms with Gasteiger partial charge in [0, 0.05) is 23.9 Å². The molecule has 31 heavy (non-hydrogen) atoms. The molecule has 3 aromatic rings. The number of nitrogens with zero attached hydrogens (tertiary/aromatic N) is 2. The first-order chi connectivity index (χ1) is 15.1. The minimum absolute atomic E-state index is 0.0380. The highest BCUT2D eigenvalue weighted by Crippen LogP contribution is 2.28. The Labute approximate surface area is 181 Å². The monoisotopic (exact) mass is 418 g/mol. The van der Waals surface area contributed by atoms with Gasteiger partial charge in [-0.25, -0.2) is 4.98 Å². The fourth-order valence-corrected chi connectivity index (χ4v) is 3.81. The number of rotatable bonds is 5. The van der Waals surface area contributed by atoms with Gasteiger partial charge in [-0.1, -0.05) is 48.2 Å². The molecule has 0 amide bonds. The van der Waals surface area contributed by atoms with Gasteiger partial charge in [0.15, 0.2) is 0 Å². The van der Waals surface area contributed by atoms with Gasteiger partial charge in [-0.2, -0.15) is 0 Å². The lowest BCUT2D eigenvalue weighted by Gasteiger charge is -2.14. The summed E-state index contributed by atoms with van der Waals surface area (Å²) in [6, 6.07) is 15.6. The SMILES string of the molecule is C[C@H](O)c1nccn1[C@@H](C#Cc1ccc(-c2ccc([C@H]3COC[C@@H]3O)cc2)cc1)CO. The Hall–Kier alpha value is -2.95. The van der Waals surface area contributed by atoms with Crippen molar-refractivity contribution in [2.45, 2.75) is 31.1 Å². The Morgan fingerprint density at radius 1 is 1.10 bits per heavy atom. The maximum atomic E-state index is 10.00. The summed E-state index contributed by atoms with van der Waals surface area (Å²) in [4.78, 5) is 4.13. The summed E-state index contributed by atoms with van der Waals surface area (Å²) in [7, 11) is 0. The summed E-state index contributed by atoms with van der Waals surface area (Å²) in [5.41, 5.74) is 4.08. The molecule has 3 N–H and O–H groups in total. The van der Waals surface area contributed by atoms with E-state index < -0.39 is 18.2 Å². The molecule has 6 heteroatoms. The average molecular weight is 418 g/mol.